The summed E-state index contributed by atoms with van der Waals surface area (Å²) in [5.41, 5.74) is 5.90. The van der Waals surface area contributed by atoms with E-state index in [-0.39, 0.29) is 0 Å². The van der Waals surface area contributed by atoms with E-state index in [0.717, 1.165) is 37.7 Å². The Morgan fingerprint density at radius 1 is 0.929 bits per heavy atom. The number of hydrogen-bond donors (Lipinski definition) is 2. The maximum absolute atomic E-state index is 4.70. The highest BCUT2D eigenvalue weighted by atomic mass is 15.2. The Kier molecular flexibility index (Phi) is 6.02. The number of benzene rings is 1. The van der Waals surface area contributed by atoms with Crippen molar-refractivity contribution in [3.05, 3.63) is 65.5 Å². The Hall–Kier alpha value is -2.66. The van der Waals surface area contributed by atoms with Gasteiger partial charge in [-0.05, 0) is 37.0 Å². The monoisotopic (exact) mass is 375 g/mol. The van der Waals surface area contributed by atoms with E-state index in [4.69, 9.17) is 4.98 Å². The first kappa shape index (κ1) is 18.7. The van der Waals surface area contributed by atoms with Crippen molar-refractivity contribution in [3.8, 4) is 11.3 Å². The molecule has 3 heterocycles. The van der Waals surface area contributed by atoms with Crippen LogP contribution in [0.15, 0.2) is 48.8 Å². The van der Waals surface area contributed by atoms with Crippen LogP contribution in [0.25, 0.3) is 11.3 Å². The Labute approximate surface area is 167 Å². The quantitative estimate of drug-likeness (QED) is 0.668. The van der Waals surface area contributed by atoms with Crippen LogP contribution in [0.1, 0.15) is 42.4 Å². The van der Waals surface area contributed by atoms with Gasteiger partial charge in [0.2, 0.25) is 0 Å². The largest absolute Gasteiger partial charge is 0.357 e. The van der Waals surface area contributed by atoms with Gasteiger partial charge in [-0.1, -0.05) is 48.7 Å². The van der Waals surface area contributed by atoms with Gasteiger partial charge in [-0.15, -0.1) is 0 Å². The zero-order valence-corrected chi connectivity index (χ0v) is 16.6. The van der Waals surface area contributed by atoms with Crippen LogP contribution >= 0.6 is 0 Å². The number of rotatable bonds is 6. The summed E-state index contributed by atoms with van der Waals surface area (Å²) in [6.45, 7) is 5.94. The lowest BCUT2D eigenvalue weighted by atomic mass is 10.1. The molecule has 28 heavy (non-hydrogen) atoms. The summed E-state index contributed by atoms with van der Waals surface area (Å²) in [6, 6.07) is 12.9. The Morgan fingerprint density at radius 3 is 2.43 bits per heavy atom. The van der Waals surface area contributed by atoms with Crippen LogP contribution in [0.4, 0.5) is 5.82 Å². The molecule has 1 aliphatic heterocycles. The van der Waals surface area contributed by atoms with Gasteiger partial charge in [-0.3, -0.25) is 5.10 Å². The minimum Gasteiger partial charge on any atom is -0.357 e. The van der Waals surface area contributed by atoms with E-state index in [1.54, 1.807) is 0 Å². The van der Waals surface area contributed by atoms with Crippen LogP contribution in [0.3, 0.4) is 0 Å². The van der Waals surface area contributed by atoms with Crippen LogP contribution in [0, 0.1) is 6.92 Å². The number of nitrogens with one attached hydrogen (secondary N) is 2. The molecule has 3 aromatic rings. The van der Waals surface area contributed by atoms with Crippen LogP contribution in [-0.4, -0.2) is 28.3 Å². The zero-order chi connectivity index (χ0) is 19.2. The van der Waals surface area contributed by atoms with Gasteiger partial charge in [0, 0.05) is 37.9 Å². The van der Waals surface area contributed by atoms with Crippen molar-refractivity contribution in [2.75, 3.05) is 18.0 Å². The van der Waals surface area contributed by atoms with Gasteiger partial charge >= 0.3 is 0 Å². The third-order valence-electron chi connectivity index (χ3n) is 5.44. The molecule has 0 spiro atoms. The molecule has 4 rings (SSSR count). The smallest absolute Gasteiger partial charge is 0.128 e. The predicted molar refractivity (Wildman–Crippen MR) is 114 cm³/mol. The standard InChI is InChI=1S/C23H29N5/c1-18-6-9-20(10-7-18)23-21(17-26-27-23)16-24-14-19-8-11-22(25-15-19)28-12-4-2-3-5-13-28/h6-11,15,17,24H,2-5,12-14,16H2,1H3,(H,26,27). The Balaban J connectivity index is 1.33. The molecule has 1 aliphatic rings. The van der Waals surface area contributed by atoms with Gasteiger partial charge < -0.3 is 10.2 Å². The molecular formula is C23H29N5. The highest BCUT2D eigenvalue weighted by molar-refractivity contribution is 5.62. The fourth-order valence-corrected chi connectivity index (χ4v) is 3.76. The molecule has 1 aromatic carbocycles. The number of aromatic amines is 1. The van der Waals surface area contributed by atoms with Crippen molar-refractivity contribution in [1.29, 1.82) is 0 Å². The maximum Gasteiger partial charge on any atom is 0.128 e. The molecule has 2 aromatic heterocycles. The average Bonchev–Trinajstić information content (AvgIpc) is 3.02. The van der Waals surface area contributed by atoms with Crippen molar-refractivity contribution in [2.45, 2.75) is 45.7 Å². The first-order valence-corrected chi connectivity index (χ1v) is 10.3. The van der Waals surface area contributed by atoms with Gasteiger partial charge in [0.15, 0.2) is 0 Å². The Morgan fingerprint density at radius 2 is 1.71 bits per heavy atom. The summed E-state index contributed by atoms with van der Waals surface area (Å²) in [6.07, 6.45) is 9.15. The molecule has 0 saturated carbocycles. The van der Waals surface area contributed by atoms with Crippen LogP contribution < -0.4 is 10.2 Å². The van der Waals surface area contributed by atoms with Gasteiger partial charge in [-0.25, -0.2) is 4.98 Å². The lowest BCUT2D eigenvalue weighted by Gasteiger charge is -2.21. The molecule has 1 fully saturated rings. The first-order valence-electron chi connectivity index (χ1n) is 10.3. The number of aromatic nitrogens is 3. The molecule has 0 radical (unpaired) electrons. The summed E-state index contributed by atoms with van der Waals surface area (Å²) in [5.74, 6) is 1.11. The molecular weight excluding hydrogens is 346 g/mol. The average molecular weight is 376 g/mol. The first-order chi connectivity index (χ1) is 13.8. The summed E-state index contributed by atoms with van der Waals surface area (Å²) in [5, 5.41) is 10.9. The highest BCUT2D eigenvalue weighted by Gasteiger charge is 2.11. The van der Waals surface area contributed by atoms with Gasteiger partial charge in [0.25, 0.3) is 0 Å². The number of nitrogens with zero attached hydrogens (tertiary/aromatic N) is 3. The molecule has 0 bridgehead atoms. The van der Waals surface area contributed by atoms with E-state index >= 15 is 0 Å². The van der Waals surface area contributed by atoms with Crippen molar-refractivity contribution < 1.29 is 0 Å². The van der Waals surface area contributed by atoms with Gasteiger partial charge in [0.05, 0.1) is 11.9 Å². The molecule has 146 valence electrons. The van der Waals surface area contributed by atoms with E-state index in [1.807, 2.05) is 12.4 Å². The second-order valence-corrected chi connectivity index (χ2v) is 7.67. The van der Waals surface area contributed by atoms with Gasteiger partial charge in [0.1, 0.15) is 5.82 Å². The predicted octanol–water partition coefficient (Wildman–Crippen LogP) is 4.45. The second-order valence-electron chi connectivity index (χ2n) is 7.67. The maximum atomic E-state index is 4.70. The van der Waals surface area contributed by atoms with Crippen molar-refractivity contribution >= 4 is 5.82 Å². The summed E-state index contributed by atoms with van der Waals surface area (Å²) < 4.78 is 0. The van der Waals surface area contributed by atoms with Crippen molar-refractivity contribution in [3.63, 3.8) is 0 Å². The molecule has 5 nitrogen and oxygen atoms in total. The third-order valence-corrected chi connectivity index (χ3v) is 5.44. The normalized spacial score (nSPS) is 14.8. The van der Waals surface area contributed by atoms with Crippen LogP contribution in [0.2, 0.25) is 0 Å². The number of H-pyrrole nitrogens is 1. The molecule has 0 amide bonds. The summed E-state index contributed by atoms with van der Waals surface area (Å²) >= 11 is 0. The lowest BCUT2D eigenvalue weighted by molar-refractivity contribution is 0.691. The van der Waals surface area contributed by atoms with Crippen LogP contribution in [0.5, 0.6) is 0 Å². The van der Waals surface area contributed by atoms with Crippen molar-refractivity contribution in [2.24, 2.45) is 0 Å². The fraction of sp³-hybridized carbons (Fsp3) is 0.391. The van der Waals surface area contributed by atoms with Crippen LogP contribution in [-0.2, 0) is 13.1 Å². The minimum absolute atomic E-state index is 0.771. The zero-order valence-electron chi connectivity index (χ0n) is 16.6. The van der Waals surface area contributed by atoms with Gasteiger partial charge in [-0.2, -0.15) is 5.10 Å². The summed E-state index contributed by atoms with van der Waals surface area (Å²) in [7, 11) is 0. The van der Waals surface area contributed by atoms with E-state index in [0.29, 0.717) is 0 Å². The number of hydrogen-bond acceptors (Lipinski definition) is 4. The second kappa shape index (κ2) is 9.02. The topological polar surface area (TPSA) is 56.8 Å². The third kappa shape index (κ3) is 4.60. The lowest BCUT2D eigenvalue weighted by Crippen LogP contribution is -2.24. The van der Waals surface area contributed by atoms with E-state index in [1.165, 1.54) is 47.9 Å². The SMILES string of the molecule is Cc1ccc(-c2[nH]ncc2CNCc2ccc(N3CCCCCC3)nc2)cc1. The molecule has 0 unspecified atom stereocenters. The number of anilines is 1. The molecule has 5 heteroatoms. The minimum atomic E-state index is 0.771. The highest BCUT2D eigenvalue weighted by Crippen LogP contribution is 2.21. The van der Waals surface area contributed by atoms with E-state index < -0.39 is 0 Å². The molecule has 2 N–H and O–H groups in total. The molecule has 1 saturated heterocycles. The number of aryl methyl sites for hydroxylation is 1. The molecule has 0 aliphatic carbocycles. The molecule has 0 atom stereocenters. The Bertz CT molecular complexity index is 859. The summed E-state index contributed by atoms with van der Waals surface area (Å²) in [4.78, 5) is 7.12. The van der Waals surface area contributed by atoms with E-state index in [2.05, 4.69) is 63.7 Å². The number of pyridine rings is 1. The van der Waals surface area contributed by atoms with E-state index in [9.17, 15) is 0 Å². The fourth-order valence-electron chi connectivity index (χ4n) is 3.76. The van der Waals surface area contributed by atoms with Crippen molar-refractivity contribution in [1.82, 2.24) is 20.5 Å².